The molecule has 4 bridgehead atoms. The number of ether oxygens (including phenoxy) is 1. The number of esters is 1. The molecule has 0 spiro atoms. The molecule has 4 aliphatic carbocycles. The summed E-state index contributed by atoms with van der Waals surface area (Å²) in [7, 11) is 0. The van der Waals surface area contributed by atoms with Crippen molar-refractivity contribution in [1.82, 2.24) is 5.32 Å². The standard InChI is InChI=1S/C21H27NO4/c1-13-3-2-4-17(19(13)24)20(25)26-11-18(23)22-12-21-8-14-5-15(9-21)7-16(6-14)10-21/h2-4,14-16,24H,5-12H2,1H3,(H,22,23). The molecule has 0 aromatic heterocycles. The molecule has 4 aliphatic rings. The SMILES string of the molecule is Cc1cccc(C(=O)OCC(=O)NCC23CC4CC(CC(C4)C2)C3)c1O. The van der Waals surface area contributed by atoms with Crippen LogP contribution in [0.3, 0.4) is 0 Å². The second-order valence-corrected chi connectivity index (χ2v) is 8.74. The molecule has 5 nitrogen and oxygen atoms in total. The zero-order chi connectivity index (χ0) is 18.3. The van der Waals surface area contributed by atoms with Crippen LogP contribution in [0, 0.1) is 30.1 Å². The zero-order valence-electron chi connectivity index (χ0n) is 15.3. The molecule has 1 amide bonds. The first kappa shape index (κ1) is 17.4. The molecule has 140 valence electrons. The lowest BCUT2D eigenvalue weighted by Crippen LogP contribution is -2.51. The van der Waals surface area contributed by atoms with Crippen LogP contribution in [0.5, 0.6) is 5.75 Å². The highest BCUT2D eigenvalue weighted by Crippen LogP contribution is 2.59. The maximum atomic E-state index is 12.2. The molecular formula is C21H27NO4. The van der Waals surface area contributed by atoms with Gasteiger partial charge < -0.3 is 15.2 Å². The number of para-hydroxylation sites is 1. The van der Waals surface area contributed by atoms with Crippen molar-refractivity contribution >= 4 is 11.9 Å². The Hall–Kier alpha value is -2.04. The van der Waals surface area contributed by atoms with E-state index >= 15 is 0 Å². The average molecular weight is 357 g/mol. The molecule has 5 rings (SSSR count). The summed E-state index contributed by atoms with van der Waals surface area (Å²) in [6.45, 7) is 2.10. The van der Waals surface area contributed by atoms with E-state index < -0.39 is 5.97 Å². The van der Waals surface area contributed by atoms with Crippen molar-refractivity contribution in [2.45, 2.75) is 45.4 Å². The van der Waals surface area contributed by atoms with E-state index in [0.717, 1.165) is 17.8 Å². The first-order valence-corrected chi connectivity index (χ1v) is 9.66. The predicted octanol–water partition coefficient (Wildman–Crippen LogP) is 3.19. The van der Waals surface area contributed by atoms with Gasteiger partial charge in [0.1, 0.15) is 11.3 Å². The van der Waals surface area contributed by atoms with Gasteiger partial charge in [0.25, 0.3) is 5.91 Å². The number of aromatic hydroxyl groups is 1. The minimum Gasteiger partial charge on any atom is -0.507 e. The van der Waals surface area contributed by atoms with Gasteiger partial charge in [0.2, 0.25) is 0 Å². The van der Waals surface area contributed by atoms with Gasteiger partial charge in [-0.25, -0.2) is 4.79 Å². The summed E-state index contributed by atoms with van der Waals surface area (Å²) in [5, 5.41) is 12.9. The number of phenolic OH excluding ortho intramolecular Hbond substituents is 1. The highest BCUT2D eigenvalue weighted by molar-refractivity contribution is 5.94. The number of aryl methyl sites for hydroxylation is 1. The summed E-state index contributed by atoms with van der Waals surface area (Å²) in [5.41, 5.74) is 0.966. The Balaban J connectivity index is 1.28. The fourth-order valence-electron chi connectivity index (χ4n) is 5.88. The number of carbonyl (C=O) groups excluding carboxylic acids is 2. The van der Waals surface area contributed by atoms with Gasteiger partial charge in [-0.05, 0) is 80.2 Å². The minimum atomic E-state index is -0.670. The minimum absolute atomic E-state index is 0.0912. The van der Waals surface area contributed by atoms with Gasteiger partial charge in [0.15, 0.2) is 6.61 Å². The summed E-state index contributed by atoms with van der Waals surface area (Å²) >= 11 is 0. The lowest BCUT2D eigenvalue weighted by molar-refractivity contribution is -0.126. The van der Waals surface area contributed by atoms with Crippen LogP contribution in [-0.4, -0.2) is 30.1 Å². The van der Waals surface area contributed by atoms with Gasteiger partial charge >= 0.3 is 5.97 Å². The number of nitrogens with one attached hydrogen (secondary N) is 1. The highest BCUT2D eigenvalue weighted by Gasteiger charge is 2.50. The lowest BCUT2D eigenvalue weighted by atomic mass is 9.49. The van der Waals surface area contributed by atoms with Crippen molar-refractivity contribution in [3.63, 3.8) is 0 Å². The topological polar surface area (TPSA) is 75.6 Å². The summed E-state index contributed by atoms with van der Waals surface area (Å²) < 4.78 is 5.09. The molecule has 0 radical (unpaired) electrons. The van der Waals surface area contributed by atoms with Crippen LogP contribution >= 0.6 is 0 Å². The van der Waals surface area contributed by atoms with E-state index in [1.807, 2.05) is 0 Å². The second-order valence-electron chi connectivity index (χ2n) is 8.74. The summed E-state index contributed by atoms with van der Waals surface area (Å²) in [6.07, 6.45) is 7.84. The number of phenols is 1. The van der Waals surface area contributed by atoms with Crippen molar-refractivity contribution in [2.24, 2.45) is 23.2 Å². The van der Waals surface area contributed by atoms with Crippen molar-refractivity contribution in [2.75, 3.05) is 13.2 Å². The predicted molar refractivity (Wildman–Crippen MR) is 96.7 cm³/mol. The molecule has 0 heterocycles. The molecule has 4 fully saturated rings. The van der Waals surface area contributed by atoms with E-state index in [9.17, 15) is 14.7 Å². The maximum Gasteiger partial charge on any atom is 0.342 e. The molecule has 0 unspecified atom stereocenters. The van der Waals surface area contributed by atoms with E-state index in [2.05, 4.69) is 5.32 Å². The van der Waals surface area contributed by atoms with Gasteiger partial charge in [-0.2, -0.15) is 0 Å². The number of hydrogen-bond donors (Lipinski definition) is 2. The maximum absolute atomic E-state index is 12.2. The Morgan fingerprint density at radius 3 is 2.38 bits per heavy atom. The summed E-state index contributed by atoms with van der Waals surface area (Å²) in [4.78, 5) is 24.3. The van der Waals surface area contributed by atoms with Crippen LogP contribution < -0.4 is 5.32 Å². The number of benzene rings is 1. The van der Waals surface area contributed by atoms with Crippen LogP contribution in [0.2, 0.25) is 0 Å². The molecule has 1 aromatic rings. The third-order valence-electron chi connectivity index (χ3n) is 6.62. The van der Waals surface area contributed by atoms with Gasteiger partial charge in [-0.1, -0.05) is 12.1 Å². The van der Waals surface area contributed by atoms with Crippen molar-refractivity contribution < 1.29 is 19.4 Å². The number of hydrogen-bond acceptors (Lipinski definition) is 4. The number of amides is 1. The molecule has 5 heteroatoms. The number of rotatable bonds is 5. The Kier molecular flexibility index (Phi) is 4.41. The Morgan fingerprint density at radius 1 is 1.15 bits per heavy atom. The fraction of sp³-hybridized carbons (Fsp3) is 0.619. The van der Waals surface area contributed by atoms with E-state index in [1.165, 1.54) is 44.6 Å². The average Bonchev–Trinajstić information content (AvgIpc) is 2.59. The molecule has 1 aromatic carbocycles. The van der Waals surface area contributed by atoms with Crippen molar-refractivity contribution in [3.05, 3.63) is 29.3 Å². The van der Waals surface area contributed by atoms with Gasteiger partial charge in [0, 0.05) is 6.54 Å². The first-order chi connectivity index (χ1) is 12.4. The van der Waals surface area contributed by atoms with Crippen molar-refractivity contribution in [3.8, 4) is 5.75 Å². The normalized spacial score (nSPS) is 31.7. The Morgan fingerprint density at radius 2 is 1.77 bits per heavy atom. The Bertz CT molecular complexity index is 691. The quantitative estimate of drug-likeness (QED) is 0.794. The Labute approximate surface area is 154 Å². The third-order valence-corrected chi connectivity index (χ3v) is 6.62. The smallest absolute Gasteiger partial charge is 0.342 e. The molecule has 0 saturated heterocycles. The highest BCUT2D eigenvalue weighted by atomic mass is 16.5. The molecule has 0 atom stereocenters. The first-order valence-electron chi connectivity index (χ1n) is 9.66. The molecule has 26 heavy (non-hydrogen) atoms. The van der Waals surface area contributed by atoms with Crippen LogP contribution in [0.25, 0.3) is 0 Å². The summed E-state index contributed by atoms with van der Waals surface area (Å²) in [5.74, 6) is 1.52. The van der Waals surface area contributed by atoms with Crippen molar-refractivity contribution in [1.29, 1.82) is 0 Å². The van der Waals surface area contributed by atoms with Gasteiger partial charge in [-0.15, -0.1) is 0 Å². The molecule has 0 aliphatic heterocycles. The largest absolute Gasteiger partial charge is 0.507 e. The van der Waals surface area contributed by atoms with Gasteiger partial charge in [-0.3, -0.25) is 4.79 Å². The van der Waals surface area contributed by atoms with E-state index in [0.29, 0.717) is 12.1 Å². The van der Waals surface area contributed by atoms with Crippen LogP contribution in [0.4, 0.5) is 0 Å². The third kappa shape index (κ3) is 3.31. The van der Waals surface area contributed by atoms with Gasteiger partial charge in [0.05, 0.1) is 0 Å². The second kappa shape index (κ2) is 6.60. The van der Waals surface area contributed by atoms with Crippen LogP contribution in [0.1, 0.15) is 54.4 Å². The molecule has 4 saturated carbocycles. The number of carbonyl (C=O) groups is 2. The molecule has 2 N–H and O–H groups in total. The fourth-order valence-corrected chi connectivity index (χ4v) is 5.88. The van der Waals surface area contributed by atoms with E-state index in [4.69, 9.17) is 4.74 Å². The summed E-state index contributed by atoms with van der Waals surface area (Å²) in [6, 6.07) is 4.89. The van der Waals surface area contributed by atoms with E-state index in [1.54, 1.807) is 19.1 Å². The van der Waals surface area contributed by atoms with Crippen LogP contribution in [-0.2, 0) is 9.53 Å². The van der Waals surface area contributed by atoms with E-state index in [-0.39, 0.29) is 29.2 Å². The monoisotopic (exact) mass is 357 g/mol. The van der Waals surface area contributed by atoms with Crippen LogP contribution in [0.15, 0.2) is 18.2 Å². The zero-order valence-corrected chi connectivity index (χ0v) is 15.3. The lowest BCUT2D eigenvalue weighted by Gasteiger charge is -2.56. The molecular weight excluding hydrogens is 330 g/mol.